The van der Waals surface area contributed by atoms with E-state index in [0.717, 1.165) is 5.56 Å². The van der Waals surface area contributed by atoms with Gasteiger partial charge < -0.3 is 14.8 Å². The summed E-state index contributed by atoms with van der Waals surface area (Å²) in [7, 11) is 1.59. The molecular weight excluding hydrogens is 270 g/mol. The lowest BCUT2D eigenvalue weighted by Gasteiger charge is -2.12. The van der Waals surface area contributed by atoms with Crippen molar-refractivity contribution in [2.45, 2.75) is 13.5 Å². The second-order valence-corrected chi connectivity index (χ2v) is 4.02. The van der Waals surface area contributed by atoms with Crippen molar-refractivity contribution >= 4 is 17.5 Å². The van der Waals surface area contributed by atoms with Crippen LogP contribution in [0.1, 0.15) is 12.5 Å². The van der Waals surface area contributed by atoms with E-state index in [1.54, 1.807) is 13.2 Å². The fraction of sp³-hybridized carbons (Fsp3) is 0.364. The number of benzene rings is 1. The van der Waals surface area contributed by atoms with Crippen LogP contribution in [0.2, 0.25) is 5.02 Å². The molecule has 8 heteroatoms. The van der Waals surface area contributed by atoms with Crippen molar-refractivity contribution < 1.29 is 9.47 Å². The zero-order valence-electron chi connectivity index (χ0n) is 10.6. The van der Waals surface area contributed by atoms with Crippen LogP contribution in [0.4, 0.5) is 5.95 Å². The first-order valence-electron chi connectivity index (χ1n) is 5.71. The number of nitrogens with one attached hydrogen (secondary N) is 2. The minimum absolute atomic E-state index is 0.406. The SMILES string of the molecule is CCOc1cc(Cl)c(CNc2nn[nH]n2)cc1OC. The zero-order chi connectivity index (χ0) is 13.7. The van der Waals surface area contributed by atoms with E-state index >= 15 is 0 Å². The van der Waals surface area contributed by atoms with Gasteiger partial charge in [-0.2, -0.15) is 5.21 Å². The van der Waals surface area contributed by atoms with E-state index in [1.165, 1.54) is 0 Å². The van der Waals surface area contributed by atoms with Crippen LogP contribution in [-0.2, 0) is 6.54 Å². The summed E-state index contributed by atoms with van der Waals surface area (Å²) in [4.78, 5) is 0. The van der Waals surface area contributed by atoms with Gasteiger partial charge in [0.15, 0.2) is 11.5 Å². The van der Waals surface area contributed by atoms with Crippen molar-refractivity contribution in [3.63, 3.8) is 0 Å². The molecule has 2 N–H and O–H groups in total. The van der Waals surface area contributed by atoms with Crippen molar-refractivity contribution in [1.82, 2.24) is 20.6 Å². The molecule has 102 valence electrons. The van der Waals surface area contributed by atoms with Crippen LogP contribution in [0.3, 0.4) is 0 Å². The molecule has 19 heavy (non-hydrogen) atoms. The predicted octanol–water partition coefficient (Wildman–Crippen LogP) is 1.87. The summed E-state index contributed by atoms with van der Waals surface area (Å²) in [5.74, 6) is 1.67. The average Bonchev–Trinajstić information content (AvgIpc) is 2.91. The van der Waals surface area contributed by atoms with E-state index < -0.39 is 0 Å². The van der Waals surface area contributed by atoms with Gasteiger partial charge in [0.25, 0.3) is 5.95 Å². The van der Waals surface area contributed by atoms with Gasteiger partial charge >= 0.3 is 0 Å². The van der Waals surface area contributed by atoms with E-state index in [1.807, 2.05) is 13.0 Å². The molecule has 0 unspecified atom stereocenters. The van der Waals surface area contributed by atoms with Gasteiger partial charge in [-0.25, -0.2) is 0 Å². The molecule has 0 aliphatic carbocycles. The number of ether oxygens (including phenoxy) is 2. The molecule has 2 aromatic rings. The Kier molecular flexibility index (Phi) is 4.40. The smallest absolute Gasteiger partial charge is 0.263 e. The van der Waals surface area contributed by atoms with Gasteiger partial charge in [-0.15, -0.1) is 5.10 Å². The maximum atomic E-state index is 6.19. The minimum atomic E-state index is 0.406. The summed E-state index contributed by atoms with van der Waals surface area (Å²) in [6.45, 7) is 2.91. The molecule has 2 rings (SSSR count). The molecule has 1 heterocycles. The van der Waals surface area contributed by atoms with Gasteiger partial charge in [0.2, 0.25) is 0 Å². The normalized spacial score (nSPS) is 10.3. The molecule has 1 aromatic carbocycles. The number of H-pyrrole nitrogens is 1. The first-order valence-corrected chi connectivity index (χ1v) is 6.09. The Labute approximate surface area is 115 Å². The molecule has 0 aliphatic heterocycles. The lowest BCUT2D eigenvalue weighted by Crippen LogP contribution is -2.03. The molecule has 0 spiro atoms. The van der Waals surface area contributed by atoms with E-state index in [-0.39, 0.29) is 0 Å². The second-order valence-electron chi connectivity index (χ2n) is 3.62. The summed E-state index contributed by atoms with van der Waals surface area (Å²) < 4.78 is 10.7. The third kappa shape index (κ3) is 3.25. The maximum Gasteiger partial charge on any atom is 0.263 e. The average molecular weight is 284 g/mol. The third-order valence-electron chi connectivity index (χ3n) is 2.41. The summed E-state index contributed by atoms with van der Waals surface area (Å²) in [6.07, 6.45) is 0. The van der Waals surface area contributed by atoms with Gasteiger partial charge in [-0.05, 0) is 23.8 Å². The first kappa shape index (κ1) is 13.4. The Morgan fingerprint density at radius 2 is 2.21 bits per heavy atom. The topological polar surface area (TPSA) is 85.0 Å². The standard InChI is InChI=1S/C11H14ClN5O2/c1-3-19-10-5-8(12)7(4-9(10)18-2)6-13-11-14-16-17-15-11/h4-5H,3,6H2,1-2H3,(H2,13,14,15,16,17). The molecule has 0 amide bonds. The van der Waals surface area contributed by atoms with Crippen molar-refractivity contribution in [3.05, 3.63) is 22.7 Å². The number of nitrogens with zero attached hydrogens (tertiary/aromatic N) is 3. The molecule has 0 fully saturated rings. The van der Waals surface area contributed by atoms with E-state index in [2.05, 4.69) is 25.9 Å². The summed E-state index contributed by atoms with van der Waals surface area (Å²) in [6, 6.07) is 3.55. The lowest BCUT2D eigenvalue weighted by molar-refractivity contribution is 0.311. The first-order chi connectivity index (χ1) is 9.24. The highest BCUT2D eigenvalue weighted by Crippen LogP contribution is 2.33. The number of rotatable bonds is 6. The summed E-state index contributed by atoms with van der Waals surface area (Å²) in [5.41, 5.74) is 0.853. The van der Waals surface area contributed by atoms with E-state index in [0.29, 0.717) is 35.6 Å². The van der Waals surface area contributed by atoms with Crippen molar-refractivity contribution in [2.24, 2.45) is 0 Å². The molecule has 0 radical (unpaired) electrons. The zero-order valence-corrected chi connectivity index (χ0v) is 11.4. The number of halogens is 1. The Bertz CT molecular complexity index is 532. The van der Waals surface area contributed by atoms with Crippen molar-refractivity contribution in [3.8, 4) is 11.5 Å². The summed E-state index contributed by atoms with van der Waals surface area (Å²) in [5, 5.41) is 17.0. The largest absolute Gasteiger partial charge is 0.493 e. The quantitative estimate of drug-likeness (QED) is 0.842. The Balaban J connectivity index is 2.16. The highest BCUT2D eigenvalue weighted by atomic mass is 35.5. The number of hydrogen-bond donors (Lipinski definition) is 2. The Morgan fingerprint density at radius 1 is 1.37 bits per heavy atom. The number of hydrogen-bond acceptors (Lipinski definition) is 6. The van der Waals surface area contributed by atoms with Crippen LogP contribution in [0.15, 0.2) is 12.1 Å². The van der Waals surface area contributed by atoms with Crippen LogP contribution in [0.25, 0.3) is 0 Å². The fourth-order valence-electron chi connectivity index (χ4n) is 1.55. The Hall–Kier alpha value is -2.02. The van der Waals surface area contributed by atoms with Crippen LogP contribution in [-0.4, -0.2) is 34.3 Å². The highest BCUT2D eigenvalue weighted by molar-refractivity contribution is 6.31. The lowest BCUT2D eigenvalue weighted by atomic mass is 10.2. The maximum absolute atomic E-state index is 6.19. The van der Waals surface area contributed by atoms with Gasteiger partial charge in [-0.1, -0.05) is 16.7 Å². The fourth-order valence-corrected chi connectivity index (χ4v) is 1.77. The molecule has 0 bridgehead atoms. The van der Waals surface area contributed by atoms with Crippen LogP contribution < -0.4 is 14.8 Å². The predicted molar refractivity (Wildman–Crippen MR) is 70.7 cm³/mol. The molecule has 0 saturated carbocycles. The molecule has 0 atom stereocenters. The molecule has 7 nitrogen and oxygen atoms in total. The molecule has 0 aliphatic rings. The molecule has 0 saturated heterocycles. The minimum Gasteiger partial charge on any atom is -0.493 e. The number of methoxy groups -OCH3 is 1. The van der Waals surface area contributed by atoms with Gasteiger partial charge in [0, 0.05) is 17.6 Å². The van der Waals surface area contributed by atoms with Crippen LogP contribution in [0.5, 0.6) is 11.5 Å². The van der Waals surface area contributed by atoms with Gasteiger partial charge in [0.1, 0.15) is 0 Å². The number of aromatic amines is 1. The second kappa shape index (κ2) is 6.24. The van der Waals surface area contributed by atoms with Gasteiger partial charge in [-0.3, -0.25) is 0 Å². The monoisotopic (exact) mass is 283 g/mol. The van der Waals surface area contributed by atoms with Crippen LogP contribution in [0, 0.1) is 0 Å². The van der Waals surface area contributed by atoms with Crippen molar-refractivity contribution in [2.75, 3.05) is 19.0 Å². The Morgan fingerprint density at radius 3 is 2.84 bits per heavy atom. The van der Waals surface area contributed by atoms with E-state index in [4.69, 9.17) is 21.1 Å². The summed E-state index contributed by atoms with van der Waals surface area (Å²) >= 11 is 6.19. The van der Waals surface area contributed by atoms with Gasteiger partial charge in [0.05, 0.1) is 13.7 Å². The third-order valence-corrected chi connectivity index (χ3v) is 2.77. The van der Waals surface area contributed by atoms with Crippen molar-refractivity contribution in [1.29, 1.82) is 0 Å². The molecule has 1 aromatic heterocycles. The van der Waals surface area contributed by atoms with E-state index in [9.17, 15) is 0 Å². The molecular formula is C11H14ClN5O2. The highest BCUT2D eigenvalue weighted by Gasteiger charge is 2.10. The number of aromatic nitrogens is 4. The van der Waals surface area contributed by atoms with Crippen LogP contribution >= 0.6 is 11.6 Å². The number of anilines is 1. The number of tetrazole rings is 1.